The molecule has 2 aromatic carbocycles. The van der Waals surface area contributed by atoms with Gasteiger partial charge in [-0.2, -0.15) is 0 Å². The van der Waals surface area contributed by atoms with E-state index in [1.54, 1.807) is 0 Å². The van der Waals surface area contributed by atoms with Gasteiger partial charge in [-0.1, -0.05) is 54.9 Å². The van der Waals surface area contributed by atoms with Gasteiger partial charge in [-0.15, -0.1) is 0 Å². The average Bonchev–Trinajstić information content (AvgIpc) is 2.54. The van der Waals surface area contributed by atoms with Crippen molar-refractivity contribution in [3.05, 3.63) is 65.2 Å². The van der Waals surface area contributed by atoms with Gasteiger partial charge in [-0.25, -0.2) is 0 Å². The molecule has 1 saturated heterocycles. The van der Waals surface area contributed by atoms with Crippen LogP contribution in [0.4, 0.5) is 0 Å². The number of likely N-dealkylation sites (tertiary alicyclic amines) is 1. The van der Waals surface area contributed by atoms with Crippen LogP contribution in [-0.4, -0.2) is 23.6 Å². The standard InChI is InChI=1S/C20H24ClNO/c1-3-20(23-18-11-7-10-17(21)14-18)19-12-13-22(19)15(2)16-8-5-4-6-9-16/h4-11,14-15,19-20H,3,12-13H2,1-2H3. The fourth-order valence-electron chi connectivity index (χ4n) is 3.38. The summed E-state index contributed by atoms with van der Waals surface area (Å²) in [6.45, 7) is 5.61. The topological polar surface area (TPSA) is 12.5 Å². The summed E-state index contributed by atoms with van der Waals surface area (Å²) in [5.41, 5.74) is 1.37. The molecule has 3 atom stereocenters. The minimum atomic E-state index is 0.202. The molecule has 1 fully saturated rings. The lowest BCUT2D eigenvalue weighted by Crippen LogP contribution is -2.56. The molecular weight excluding hydrogens is 306 g/mol. The molecule has 0 saturated carbocycles. The van der Waals surface area contributed by atoms with Crippen LogP contribution in [0.1, 0.15) is 38.3 Å². The molecular formula is C20H24ClNO. The Labute approximate surface area is 144 Å². The van der Waals surface area contributed by atoms with Gasteiger partial charge in [-0.3, -0.25) is 4.90 Å². The minimum absolute atomic E-state index is 0.202. The number of nitrogens with zero attached hydrogens (tertiary/aromatic N) is 1. The molecule has 3 heteroatoms. The Bertz CT molecular complexity index is 631. The van der Waals surface area contributed by atoms with Crippen LogP contribution >= 0.6 is 11.6 Å². The average molecular weight is 330 g/mol. The predicted molar refractivity (Wildman–Crippen MR) is 96.1 cm³/mol. The summed E-state index contributed by atoms with van der Waals surface area (Å²) in [4.78, 5) is 2.55. The van der Waals surface area contributed by atoms with Crippen LogP contribution in [0.2, 0.25) is 5.02 Å². The normalized spacial score (nSPS) is 20.6. The Kier molecular flexibility index (Phi) is 5.24. The first-order valence-corrected chi connectivity index (χ1v) is 8.79. The quantitative estimate of drug-likeness (QED) is 0.710. The third-order valence-corrected chi connectivity index (χ3v) is 5.04. The van der Waals surface area contributed by atoms with Crippen molar-refractivity contribution in [2.24, 2.45) is 0 Å². The summed E-state index contributed by atoms with van der Waals surface area (Å²) < 4.78 is 6.24. The zero-order valence-electron chi connectivity index (χ0n) is 13.8. The van der Waals surface area contributed by atoms with Crippen molar-refractivity contribution >= 4 is 11.6 Å². The summed E-state index contributed by atoms with van der Waals surface area (Å²) in [5, 5.41) is 0.723. The highest BCUT2D eigenvalue weighted by Crippen LogP contribution is 2.34. The van der Waals surface area contributed by atoms with Gasteiger partial charge in [0.25, 0.3) is 0 Å². The van der Waals surface area contributed by atoms with Crippen LogP contribution in [0, 0.1) is 0 Å². The highest BCUT2D eigenvalue weighted by molar-refractivity contribution is 6.30. The van der Waals surface area contributed by atoms with Crippen LogP contribution < -0.4 is 4.74 Å². The maximum absolute atomic E-state index is 6.24. The lowest BCUT2D eigenvalue weighted by molar-refractivity contribution is -0.0282. The van der Waals surface area contributed by atoms with Gasteiger partial charge in [0, 0.05) is 23.7 Å². The molecule has 2 nitrogen and oxygen atoms in total. The number of rotatable bonds is 6. The van der Waals surface area contributed by atoms with Crippen molar-refractivity contribution in [1.29, 1.82) is 0 Å². The number of ether oxygens (including phenoxy) is 1. The third-order valence-electron chi connectivity index (χ3n) is 4.80. The zero-order chi connectivity index (χ0) is 16.2. The van der Waals surface area contributed by atoms with Crippen molar-refractivity contribution < 1.29 is 4.74 Å². The highest BCUT2D eigenvalue weighted by atomic mass is 35.5. The van der Waals surface area contributed by atoms with E-state index in [9.17, 15) is 0 Å². The smallest absolute Gasteiger partial charge is 0.121 e. The van der Waals surface area contributed by atoms with Crippen molar-refractivity contribution in [3.63, 3.8) is 0 Å². The monoisotopic (exact) mass is 329 g/mol. The first-order chi connectivity index (χ1) is 11.2. The zero-order valence-corrected chi connectivity index (χ0v) is 14.5. The maximum Gasteiger partial charge on any atom is 0.121 e. The second-order valence-electron chi connectivity index (χ2n) is 6.20. The summed E-state index contributed by atoms with van der Waals surface area (Å²) in [5.74, 6) is 0.864. The highest BCUT2D eigenvalue weighted by Gasteiger charge is 2.38. The molecule has 1 aliphatic rings. The van der Waals surface area contributed by atoms with Gasteiger partial charge in [0.05, 0.1) is 0 Å². The molecule has 122 valence electrons. The fourth-order valence-corrected chi connectivity index (χ4v) is 3.56. The molecule has 23 heavy (non-hydrogen) atoms. The van der Waals surface area contributed by atoms with Crippen LogP contribution in [0.5, 0.6) is 5.75 Å². The Hall–Kier alpha value is -1.51. The van der Waals surface area contributed by atoms with Gasteiger partial charge in [0.15, 0.2) is 0 Å². The summed E-state index contributed by atoms with van der Waals surface area (Å²) >= 11 is 6.07. The van der Waals surface area contributed by atoms with Crippen molar-refractivity contribution in [2.45, 2.75) is 44.9 Å². The van der Waals surface area contributed by atoms with Gasteiger partial charge in [0.1, 0.15) is 11.9 Å². The molecule has 0 spiro atoms. The molecule has 0 amide bonds. The van der Waals surface area contributed by atoms with E-state index in [2.05, 4.69) is 49.1 Å². The van der Waals surface area contributed by atoms with E-state index >= 15 is 0 Å². The van der Waals surface area contributed by atoms with Crippen molar-refractivity contribution in [3.8, 4) is 5.75 Å². The lowest BCUT2D eigenvalue weighted by atomic mass is 9.91. The van der Waals surface area contributed by atoms with Crippen LogP contribution in [0.3, 0.4) is 0 Å². The Morgan fingerprint density at radius 1 is 1.17 bits per heavy atom. The number of benzene rings is 2. The number of hydrogen-bond acceptors (Lipinski definition) is 2. The van der Waals surface area contributed by atoms with E-state index in [1.807, 2.05) is 24.3 Å². The van der Waals surface area contributed by atoms with E-state index in [1.165, 1.54) is 12.0 Å². The summed E-state index contributed by atoms with van der Waals surface area (Å²) in [6.07, 6.45) is 2.39. The Morgan fingerprint density at radius 2 is 1.96 bits per heavy atom. The van der Waals surface area contributed by atoms with Gasteiger partial charge >= 0.3 is 0 Å². The van der Waals surface area contributed by atoms with Gasteiger partial charge < -0.3 is 4.74 Å². The largest absolute Gasteiger partial charge is 0.489 e. The van der Waals surface area contributed by atoms with E-state index in [0.717, 1.165) is 23.7 Å². The number of halogens is 1. The van der Waals surface area contributed by atoms with E-state index in [0.29, 0.717) is 12.1 Å². The molecule has 0 bridgehead atoms. The van der Waals surface area contributed by atoms with Gasteiger partial charge in [-0.05, 0) is 43.5 Å². The molecule has 3 unspecified atom stereocenters. The summed E-state index contributed by atoms with van der Waals surface area (Å²) in [7, 11) is 0. The molecule has 1 aliphatic heterocycles. The molecule has 0 aliphatic carbocycles. The van der Waals surface area contributed by atoms with Crippen LogP contribution in [0.25, 0.3) is 0 Å². The Morgan fingerprint density at radius 3 is 2.57 bits per heavy atom. The fraction of sp³-hybridized carbons (Fsp3) is 0.400. The predicted octanol–water partition coefficient (Wildman–Crippen LogP) is 5.33. The van der Waals surface area contributed by atoms with Crippen LogP contribution in [0.15, 0.2) is 54.6 Å². The third kappa shape index (κ3) is 3.70. The molecule has 2 aromatic rings. The number of hydrogen-bond donors (Lipinski definition) is 0. The first kappa shape index (κ1) is 16.4. The van der Waals surface area contributed by atoms with E-state index in [4.69, 9.17) is 16.3 Å². The van der Waals surface area contributed by atoms with E-state index < -0.39 is 0 Å². The second kappa shape index (κ2) is 7.37. The minimum Gasteiger partial charge on any atom is -0.489 e. The molecule has 3 rings (SSSR count). The van der Waals surface area contributed by atoms with Crippen LogP contribution in [-0.2, 0) is 0 Å². The maximum atomic E-state index is 6.24. The first-order valence-electron chi connectivity index (χ1n) is 8.42. The molecule has 0 N–H and O–H groups in total. The Balaban J connectivity index is 1.69. The second-order valence-corrected chi connectivity index (χ2v) is 6.64. The van der Waals surface area contributed by atoms with Crippen molar-refractivity contribution in [2.75, 3.05) is 6.54 Å². The van der Waals surface area contributed by atoms with Gasteiger partial charge in [0.2, 0.25) is 0 Å². The summed E-state index contributed by atoms with van der Waals surface area (Å²) in [6, 6.07) is 19.3. The molecule has 1 heterocycles. The molecule has 0 radical (unpaired) electrons. The molecule has 0 aromatic heterocycles. The van der Waals surface area contributed by atoms with Crippen molar-refractivity contribution in [1.82, 2.24) is 4.90 Å². The lowest BCUT2D eigenvalue weighted by Gasteiger charge is -2.48. The van der Waals surface area contributed by atoms with E-state index in [-0.39, 0.29) is 6.10 Å². The SMILES string of the molecule is CCC(Oc1cccc(Cl)c1)C1CCN1C(C)c1ccccc1.